The van der Waals surface area contributed by atoms with E-state index < -0.39 is 5.54 Å². The highest BCUT2D eigenvalue weighted by Gasteiger charge is 2.33. The molecule has 1 aromatic rings. The van der Waals surface area contributed by atoms with Crippen LogP contribution in [0.15, 0.2) is 54.1 Å². The lowest BCUT2D eigenvalue weighted by molar-refractivity contribution is 0.0975. The largest absolute Gasteiger partial charge is 0.396 e. The molecule has 130 valence electrons. The smallest absolute Gasteiger partial charge is 0.257 e. The molecule has 0 saturated carbocycles. The summed E-state index contributed by atoms with van der Waals surface area (Å²) in [5.74, 6) is -0.354. The minimum absolute atomic E-state index is 0.000234. The van der Waals surface area contributed by atoms with Gasteiger partial charge in [-0.05, 0) is 50.7 Å². The zero-order chi connectivity index (χ0) is 18.2. The van der Waals surface area contributed by atoms with Gasteiger partial charge >= 0.3 is 0 Å². The molecule has 0 spiro atoms. The monoisotopic (exact) mass is 346 g/mol. The summed E-state index contributed by atoms with van der Waals surface area (Å²) in [6.07, 6.45) is 5.84. The van der Waals surface area contributed by atoms with Gasteiger partial charge in [0, 0.05) is 18.1 Å². The summed E-state index contributed by atoms with van der Waals surface area (Å²) in [7, 11) is 0. The summed E-state index contributed by atoms with van der Waals surface area (Å²) in [4.78, 5) is 12.2. The van der Waals surface area contributed by atoms with Gasteiger partial charge in [-0.3, -0.25) is 10.1 Å². The molecule has 1 amide bonds. The molecule has 0 radical (unpaired) electrons. The van der Waals surface area contributed by atoms with E-state index in [1.54, 1.807) is 24.3 Å². The maximum absolute atomic E-state index is 12.2. The first-order chi connectivity index (χ1) is 11.3. The van der Waals surface area contributed by atoms with Gasteiger partial charge in [0.15, 0.2) is 5.11 Å². The summed E-state index contributed by atoms with van der Waals surface area (Å²) in [5, 5.41) is 15.7. The summed E-state index contributed by atoms with van der Waals surface area (Å²) in [6, 6.07) is 8.90. The van der Waals surface area contributed by atoms with Crippen LogP contribution >= 0.6 is 12.2 Å². The molecular formula is C19H26N2O2S. The predicted octanol–water partition coefficient (Wildman–Crippen LogP) is 3.20. The molecule has 5 heteroatoms. The molecule has 1 aromatic carbocycles. The highest BCUT2D eigenvalue weighted by Crippen LogP contribution is 2.25. The third-order valence-electron chi connectivity index (χ3n) is 4.25. The Hall–Kier alpha value is -1.98. The van der Waals surface area contributed by atoms with E-state index >= 15 is 0 Å². The molecule has 0 aromatic heterocycles. The summed E-state index contributed by atoms with van der Waals surface area (Å²) < 4.78 is 0. The molecule has 0 aliphatic heterocycles. The molecule has 0 bridgehead atoms. The van der Waals surface area contributed by atoms with Crippen LogP contribution in [-0.2, 0) is 0 Å². The zero-order valence-electron chi connectivity index (χ0n) is 14.7. The molecule has 24 heavy (non-hydrogen) atoms. The lowest BCUT2D eigenvalue weighted by atomic mass is 9.81. The first kappa shape index (κ1) is 20.1. The van der Waals surface area contributed by atoms with E-state index in [2.05, 4.69) is 10.6 Å². The molecule has 0 aliphatic carbocycles. The third kappa shape index (κ3) is 5.28. The van der Waals surface area contributed by atoms with Gasteiger partial charge in [0.2, 0.25) is 0 Å². The fourth-order valence-electron chi connectivity index (χ4n) is 2.24. The van der Waals surface area contributed by atoms with Gasteiger partial charge in [-0.2, -0.15) is 0 Å². The van der Waals surface area contributed by atoms with E-state index in [4.69, 9.17) is 12.2 Å². The van der Waals surface area contributed by atoms with Crippen LogP contribution in [-0.4, -0.2) is 28.3 Å². The Morgan fingerprint density at radius 2 is 2.00 bits per heavy atom. The molecule has 1 rings (SSSR count). The lowest BCUT2D eigenvalue weighted by Crippen LogP contribution is -2.56. The maximum atomic E-state index is 12.2. The van der Waals surface area contributed by atoms with Crippen LogP contribution in [0.4, 0.5) is 0 Å². The van der Waals surface area contributed by atoms with Crippen molar-refractivity contribution < 1.29 is 9.90 Å². The number of carbonyl (C=O) groups excluding carboxylic acids is 1. The standard InChI is InChI=1S/C19H26N2O2S/c1-5-6-10-14(2)19(4,15(3)13-22)21-18(24)20-17(23)16-11-8-7-9-12-16/h5-12,15,22H,13H2,1-4H3,(H2,20,21,23,24). The number of rotatable bonds is 6. The number of allylic oxidation sites excluding steroid dienone is 3. The molecular weight excluding hydrogens is 320 g/mol. The Labute approximate surface area is 149 Å². The fraction of sp³-hybridized carbons (Fsp3) is 0.368. The topological polar surface area (TPSA) is 61.4 Å². The Bertz CT molecular complexity index is 626. The van der Waals surface area contributed by atoms with Crippen LogP contribution in [0.2, 0.25) is 0 Å². The molecule has 0 fully saturated rings. The van der Waals surface area contributed by atoms with E-state index in [9.17, 15) is 9.90 Å². The van der Waals surface area contributed by atoms with Gasteiger partial charge in [0.05, 0.1) is 5.54 Å². The van der Waals surface area contributed by atoms with Crippen molar-refractivity contribution in [1.29, 1.82) is 0 Å². The highest BCUT2D eigenvalue weighted by molar-refractivity contribution is 7.80. The van der Waals surface area contributed by atoms with Crippen LogP contribution in [0.3, 0.4) is 0 Å². The average molecular weight is 346 g/mol. The molecule has 4 nitrogen and oxygen atoms in total. The van der Waals surface area contributed by atoms with Crippen molar-refractivity contribution >= 4 is 23.2 Å². The second-order valence-corrected chi connectivity index (χ2v) is 6.34. The Balaban J connectivity index is 2.90. The van der Waals surface area contributed by atoms with E-state index in [1.165, 1.54) is 0 Å². The van der Waals surface area contributed by atoms with E-state index in [0.29, 0.717) is 5.56 Å². The number of hydrogen-bond donors (Lipinski definition) is 3. The quantitative estimate of drug-likeness (QED) is 0.547. The Morgan fingerprint density at radius 3 is 2.54 bits per heavy atom. The fourth-order valence-corrected chi connectivity index (χ4v) is 2.54. The van der Waals surface area contributed by atoms with E-state index in [-0.39, 0.29) is 23.5 Å². The summed E-state index contributed by atoms with van der Waals surface area (Å²) in [6.45, 7) is 7.81. The number of nitrogens with one attached hydrogen (secondary N) is 2. The molecule has 0 saturated heterocycles. The van der Waals surface area contributed by atoms with Gasteiger partial charge < -0.3 is 10.4 Å². The number of aliphatic hydroxyl groups excluding tert-OH is 1. The zero-order valence-corrected chi connectivity index (χ0v) is 15.5. The predicted molar refractivity (Wildman–Crippen MR) is 103 cm³/mol. The Kier molecular flexibility index (Phi) is 7.82. The third-order valence-corrected chi connectivity index (χ3v) is 4.46. The maximum Gasteiger partial charge on any atom is 0.257 e. The van der Waals surface area contributed by atoms with Crippen LogP contribution in [0.1, 0.15) is 38.1 Å². The normalized spacial score (nSPS) is 15.6. The van der Waals surface area contributed by atoms with E-state index in [0.717, 1.165) is 5.57 Å². The van der Waals surface area contributed by atoms with Crippen molar-refractivity contribution in [1.82, 2.24) is 10.6 Å². The van der Waals surface area contributed by atoms with Crippen molar-refractivity contribution in [3.8, 4) is 0 Å². The number of benzene rings is 1. The van der Waals surface area contributed by atoms with Crippen molar-refractivity contribution in [3.63, 3.8) is 0 Å². The van der Waals surface area contributed by atoms with Gasteiger partial charge in [-0.1, -0.05) is 43.4 Å². The van der Waals surface area contributed by atoms with Crippen LogP contribution in [0.25, 0.3) is 0 Å². The van der Waals surface area contributed by atoms with Gasteiger partial charge in [-0.15, -0.1) is 0 Å². The second-order valence-electron chi connectivity index (χ2n) is 5.94. The number of amides is 1. The van der Waals surface area contributed by atoms with Crippen molar-refractivity contribution in [3.05, 3.63) is 59.7 Å². The van der Waals surface area contributed by atoms with Crippen molar-refractivity contribution in [2.45, 2.75) is 33.2 Å². The first-order valence-corrected chi connectivity index (χ1v) is 8.35. The minimum Gasteiger partial charge on any atom is -0.396 e. The van der Waals surface area contributed by atoms with Crippen molar-refractivity contribution in [2.75, 3.05) is 6.61 Å². The summed E-state index contributed by atoms with van der Waals surface area (Å²) >= 11 is 5.31. The highest BCUT2D eigenvalue weighted by atomic mass is 32.1. The van der Waals surface area contributed by atoms with Gasteiger partial charge in [0.25, 0.3) is 5.91 Å². The van der Waals surface area contributed by atoms with Crippen LogP contribution in [0.5, 0.6) is 0 Å². The molecule has 2 atom stereocenters. The Morgan fingerprint density at radius 1 is 1.38 bits per heavy atom. The number of carbonyl (C=O) groups is 1. The van der Waals surface area contributed by atoms with Crippen LogP contribution in [0, 0.1) is 5.92 Å². The molecule has 0 heterocycles. The van der Waals surface area contributed by atoms with Crippen molar-refractivity contribution in [2.24, 2.45) is 5.92 Å². The summed E-state index contributed by atoms with van der Waals surface area (Å²) in [5.41, 5.74) is 0.980. The molecule has 0 aliphatic rings. The second kappa shape index (κ2) is 9.35. The molecule has 3 N–H and O–H groups in total. The molecule has 2 unspecified atom stereocenters. The number of thiocarbonyl (C=S) groups is 1. The number of hydrogen-bond acceptors (Lipinski definition) is 3. The van der Waals surface area contributed by atoms with E-state index in [1.807, 2.05) is 52.0 Å². The first-order valence-electron chi connectivity index (χ1n) is 7.94. The average Bonchev–Trinajstić information content (AvgIpc) is 2.59. The SMILES string of the molecule is CC=CC=C(C)C(C)(NC(=S)NC(=O)c1ccccc1)C(C)CO. The minimum atomic E-state index is -0.574. The van der Waals surface area contributed by atoms with Gasteiger partial charge in [-0.25, -0.2) is 0 Å². The van der Waals surface area contributed by atoms with Gasteiger partial charge in [0.1, 0.15) is 0 Å². The van der Waals surface area contributed by atoms with Crippen LogP contribution < -0.4 is 10.6 Å². The lowest BCUT2D eigenvalue weighted by Gasteiger charge is -2.38. The number of aliphatic hydroxyl groups is 1.